The van der Waals surface area contributed by atoms with E-state index in [1.807, 2.05) is 0 Å². The van der Waals surface area contributed by atoms with Gasteiger partial charge in [0, 0.05) is 16.6 Å². The maximum Gasteiger partial charge on any atom is 0.0752 e. The minimum atomic E-state index is 0.256. The zero-order valence-electron chi connectivity index (χ0n) is 8.66. The quantitative estimate of drug-likeness (QED) is 0.344. The summed E-state index contributed by atoms with van der Waals surface area (Å²) in [4.78, 5) is 0. The van der Waals surface area contributed by atoms with E-state index in [0.717, 1.165) is 25.9 Å². The van der Waals surface area contributed by atoms with Crippen molar-refractivity contribution in [3.8, 4) is 0 Å². The summed E-state index contributed by atoms with van der Waals surface area (Å²) in [5.41, 5.74) is 0. The fourth-order valence-corrected chi connectivity index (χ4v) is 1.24. The largest absolute Gasteiger partial charge is 0.377 e. The molecule has 0 amide bonds. The number of hydrogen-bond acceptors (Lipinski definition) is 2. The summed E-state index contributed by atoms with van der Waals surface area (Å²) in [5.74, 6) is 0. The third-order valence-corrected chi connectivity index (χ3v) is 2.10. The minimum Gasteiger partial charge on any atom is -0.377 e. The van der Waals surface area contributed by atoms with Crippen LogP contribution in [0, 0.1) is 0 Å². The van der Waals surface area contributed by atoms with Crippen molar-refractivity contribution in [1.29, 1.82) is 0 Å². The van der Waals surface area contributed by atoms with E-state index in [-0.39, 0.29) is 6.10 Å². The summed E-state index contributed by atoms with van der Waals surface area (Å²) < 4.78 is 10.2. The molecule has 0 saturated heterocycles. The first kappa shape index (κ1) is 13.1. The second-order valence-corrected chi connectivity index (χ2v) is 3.34. The molecule has 2 nitrogen and oxygen atoms in total. The molecule has 0 rings (SSSR count). The Hall–Kier alpha value is 0.0900. The Morgan fingerprint density at radius 2 is 2.23 bits per heavy atom. The molecule has 13 heavy (non-hydrogen) atoms. The summed E-state index contributed by atoms with van der Waals surface area (Å²) in [5, 5.41) is 0. The minimum absolute atomic E-state index is 0.256. The summed E-state index contributed by atoms with van der Waals surface area (Å²) in [6.45, 7) is 2.96. The summed E-state index contributed by atoms with van der Waals surface area (Å²) in [6, 6.07) is 0. The van der Waals surface area contributed by atoms with Crippen LogP contribution in [0.1, 0.15) is 32.6 Å². The van der Waals surface area contributed by atoms with Crippen molar-refractivity contribution in [3.63, 3.8) is 0 Å². The molecule has 0 saturated carbocycles. The number of unbranched alkanes of at least 4 members (excludes halogenated alkanes) is 1. The van der Waals surface area contributed by atoms with E-state index < -0.39 is 0 Å². The van der Waals surface area contributed by atoms with E-state index in [9.17, 15) is 0 Å². The van der Waals surface area contributed by atoms with Crippen LogP contribution < -0.4 is 0 Å². The van der Waals surface area contributed by atoms with Gasteiger partial charge >= 0.3 is 0 Å². The van der Waals surface area contributed by atoms with Gasteiger partial charge in [-0.15, -0.1) is 0 Å². The third-order valence-electron chi connectivity index (χ3n) is 1.86. The summed E-state index contributed by atoms with van der Waals surface area (Å²) in [6.07, 6.45) is 9.00. The molecule has 0 heterocycles. The highest BCUT2D eigenvalue weighted by atomic mass is 31.0. The molecule has 0 aliphatic heterocycles. The highest BCUT2D eigenvalue weighted by Crippen LogP contribution is 2.05. The lowest BCUT2D eigenvalue weighted by atomic mass is 10.1. The monoisotopic (exact) mass is 204 g/mol. The normalized spacial score (nSPS) is 13.8. The van der Waals surface area contributed by atoms with Gasteiger partial charge in [-0.1, -0.05) is 25.5 Å². The summed E-state index contributed by atoms with van der Waals surface area (Å²) in [7, 11) is 4.01. The molecular weight excluding hydrogens is 183 g/mol. The van der Waals surface area contributed by atoms with E-state index in [4.69, 9.17) is 9.26 Å². The van der Waals surface area contributed by atoms with E-state index in [1.165, 1.54) is 6.42 Å². The molecule has 0 aromatic heterocycles. The zero-order valence-corrected chi connectivity index (χ0v) is 9.82. The van der Waals surface area contributed by atoms with Crippen molar-refractivity contribution < 1.29 is 9.26 Å². The van der Waals surface area contributed by atoms with Gasteiger partial charge in [0.25, 0.3) is 0 Å². The Bertz CT molecular complexity index is 126. The van der Waals surface area contributed by atoms with Crippen molar-refractivity contribution in [2.75, 3.05) is 13.7 Å². The standard InChI is InChI=1S/C10H21O2P/c1-3-4-5-7-10(11-2)8-6-9-12-13/h5,7,10H,3-4,6,8-9,13H2,1-2H3. The van der Waals surface area contributed by atoms with Gasteiger partial charge in [0.15, 0.2) is 0 Å². The Morgan fingerprint density at radius 3 is 2.77 bits per heavy atom. The molecular formula is C10H21O2P. The van der Waals surface area contributed by atoms with Crippen molar-refractivity contribution in [2.45, 2.75) is 38.7 Å². The zero-order chi connectivity index (χ0) is 9.94. The Kier molecular flexibility index (Phi) is 10.2. The Labute approximate surface area is 84.0 Å². The molecule has 3 heteroatoms. The lowest BCUT2D eigenvalue weighted by Gasteiger charge is -2.09. The third kappa shape index (κ3) is 8.42. The second-order valence-electron chi connectivity index (χ2n) is 3.00. The topological polar surface area (TPSA) is 18.5 Å². The Balaban J connectivity index is 3.50. The molecule has 2 atom stereocenters. The van der Waals surface area contributed by atoms with Crippen LogP contribution in [-0.4, -0.2) is 19.8 Å². The smallest absolute Gasteiger partial charge is 0.0752 e. The molecule has 0 aliphatic carbocycles. The molecule has 0 aromatic rings. The average Bonchev–Trinajstić information content (AvgIpc) is 2.16. The van der Waals surface area contributed by atoms with Crippen LogP contribution in [0.2, 0.25) is 0 Å². The van der Waals surface area contributed by atoms with Crippen LogP contribution in [0.5, 0.6) is 0 Å². The number of allylic oxidation sites excluding steroid dienone is 1. The molecule has 0 aliphatic rings. The molecule has 0 spiro atoms. The molecule has 0 fully saturated rings. The maximum atomic E-state index is 5.29. The highest BCUT2D eigenvalue weighted by molar-refractivity contribution is 7.09. The van der Waals surface area contributed by atoms with Gasteiger partial charge in [-0.2, -0.15) is 0 Å². The SMILES string of the molecule is CCCC=CC(CCCOP)OC. The molecule has 0 radical (unpaired) electrons. The van der Waals surface area contributed by atoms with Gasteiger partial charge in [-0.3, -0.25) is 0 Å². The van der Waals surface area contributed by atoms with Gasteiger partial charge < -0.3 is 9.26 Å². The molecule has 0 aromatic carbocycles. The van der Waals surface area contributed by atoms with E-state index in [0.29, 0.717) is 0 Å². The fraction of sp³-hybridized carbons (Fsp3) is 0.800. The maximum absolute atomic E-state index is 5.29. The number of methoxy groups -OCH3 is 1. The lowest BCUT2D eigenvalue weighted by Crippen LogP contribution is -2.07. The van der Waals surface area contributed by atoms with Crippen molar-refractivity contribution >= 4 is 9.47 Å². The number of hydrogen-bond donors (Lipinski definition) is 0. The molecule has 2 unspecified atom stereocenters. The van der Waals surface area contributed by atoms with Gasteiger partial charge in [-0.25, -0.2) is 0 Å². The highest BCUT2D eigenvalue weighted by Gasteiger charge is 2.00. The molecule has 0 N–H and O–H groups in total. The lowest BCUT2D eigenvalue weighted by molar-refractivity contribution is 0.127. The van der Waals surface area contributed by atoms with Crippen LogP contribution in [0.25, 0.3) is 0 Å². The first-order valence-electron chi connectivity index (χ1n) is 4.86. The van der Waals surface area contributed by atoms with Gasteiger partial charge in [0.2, 0.25) is 0 Å². The molecule has 78 valence electrons. The molecule has 0 bridgehead atoms. The second kappa shape index (κ2) is 10.2. The van der Waals surface area contributed by atoms with Crippen LogP contribution >= 0.6 is 9.47 Å². The number of rotatable bonds is 8. The van der Waals surface area contributed by atoms with E-state index >= 15 is 0 Å². The van der Waals surface area contributed by atoms with Gasteiger partial charge in [0.1, 0.15) is 0 Å². The van der Waals surface area contributed by atoms with E-state index in [2.05, 4.69) is 28.5 Å². The van der Waals surface area contributed by atoms with Crippen molar-refractivity contribution in [1.82, 2.24) is 0 Å². The number of ether oxygens (including phenoxy) is 1. The summed E-state index contributed by atoms with van der Waals surface area (Å²) >= 11 is 0. The predicted molar refractivity (Wildman–Crippen MR) is 59.7 cm³/mol. The fourth-order valence-electron chi connectivity index (χ4n) is 1.08. The van der Waals surface area contributed by atoms with Crippen LogP contribution in [-0.2, 0) is 9.26 Å². The van der Waals surface area contributed by atoms with Gasteiger partial charge in [-0.05, 0) is 19.3 Å². The van der Waals surface area contributed by atoms with Crippen molar-refractivity contribution in [2.24, 2.45) is 0 Å². The van der Waals surface area contributed by atoms with E-state index in [1.54, 1.807) is 7.11 Å². The predicted octanol–water partition coefficient (Wildman–Crippen LogP) is 2.94. The van der Waals surface area contributed by atoms with Crippen LogP contribution in [0.4, 0.5) is 0 Å². The van der Waals surface area contributed by atoms with Crippen LogP contribution in [0.3, 0.4) is 0 Å². The first-order chi connectivity index (χ1) is 6.35. The van der Waals surface area contributed by atoms with Crippen molar-refractivity contribution in [3.05, 3.63) is 12.2 Å². The first-order valence-corrected chi connectivity index (χ1v) is 5.33. The Morgan fingerprint density at radius 1 is 1.46 bits per heavy atom. The van der Waals surface area contributed by atoms with Crippen LogP contribution in [0.15, 0.2) is 12.2 Å². The average molecular weight is 204 g/mol. The van der Waals surface area contributed by atoms with Gasteiger partial charge in [0.05, 0.1) is 12.7 Å².